The van der Waals surface area contributed by atoms with Crippen molar-refractivity contribution in [1.82, 2.24) is 34.9 Å². The van der Waals surface area contributed by atoms with Crippen LogP contribution < -0.4 is 10.6 Å². The van der Waals surface area contributed by atoms with Crippen LogP contribution >= 0.6 is 27.5 Å². The number of fused-ring (bicyclic) bond motifs is 1. The number of para-hydroxylation sites is 1. The van der Waals surface area contributed by atoms with E-state index in [2.05, 4.69) is 41.9 Å². The first-order valence-electron chi connectivity index (χ1n) is 10.8. The Morgan fingerprint density at radius 1 is 1.06 bits per heavy atom. The van der Waals surface area contributed by atoms with E-state index < -0.39 is 0 Å². The fourth-order valence-corrected chi connectivity index (χ4v) is 4.17. The maximum atomic E-state index is 12.7. The van der Waals surface area contributed by atoms with Gasteiger partial charge in [0, 0.05) is 29.7 Å². The number of carbonyl (C=O) groups is 1. The van der Waals surface area contributed by atoms with E-state index in [1.807, 2.05) is 60.7 Å². The number of amides is 1. The van der Waals surface area contributed by atoms with Crippen molar-refractivity contribution < 1.29 is 4.79 Å². The molecule has 0 fully saturated rings. The van der Waals surface area contributed by atoms with Crippen molar-refractivity contribution in [1.29, 1.82) is 0 Å². The molecule has 11 heteroatoms. The van der Waals surface area contributed by atoms with Crippen LogP contribution in [-0.2, 0) is 0 Å². The number of aryl methyl sites for hydroxylation is 1. The monoisotopic (exact) mass is 550 g/mol. The number of aromatic nitrogens is 6. The topological polar surface area (TPSA) is 102 Å². The molecular weight excluding hydrogens is 532 g/mol. The van der Waals surface area contributed by atoms with Gasteiger partial charge in [-0.3, -0.25) is 4.79 Å². The number of hydrogen-bond acceptors (Lipinski definition) is 6. The quantitative estimate of drug-likeness (QED) is 0.288. The van der Waals surface area contributed by atoms with Gasteiger partial charge in [-0.05, 0) is 41.1 Å². The number of benzene rings is 2. The minimum absolute atomic E-state index is 0.287. The van der Waals surface area contributed by atoms with Gasteiger partial charge in [-0.15, -0.1) is 5.10 Å². The maximum absolute atomic E-state index is 12.7. The summed E-state index contributed by atoms with van der Waals surface area (Å²) in [5.41, 5.74) is 3.82. The molecule has 2 N–H and O–H groups in total. The Kier molecular flexibility index (Phi) is 6.47. The molecule has 1 amide bonds. The Balaban J connectivity index is 1.29. The largest absolute Gasteiger partial charge is 0.368 e. The molecule has 0 aliphatic rings. The highest BCUT2D eigenvalue weighted by Crippen LogP contribution is 2.30. The van der Waals surface area contributed by atoms with Crippen LogP contribution in [0.1, 0.15) is 16.2 Å². The zero-order valence-corrected chi connectivity index (χ0v) is 21.0. The fourth-order valence-electron chi connectivity index (χ4n) is 3.58. The number of anilines is 1. The first-order chi connectivity index (χ1) is 17.0. The van der Waals surface area contributed by atoms with Crippen LogP contribution in [0.3, 0.4) is 0 Å². The first-order valence-corrected chi connectivity index (χ1v) is 12.0. The Hall–Kier alpha value is -3.76. The molecule has 35 heavy (non-hydrogen) atoms. The normalized spacial score (nSPS) is 11.1. The Morgan fingerprint density at radius 3 is 2.63 bits per heavy atom. The van der Waals surface area contributed by atoms with Crippen molar-refractivity contribution in [3.05, 3.63) is 87.7 Å². The van der Waals surface area contributed by atoms with Gasteiger partial charge in [0.1, 0.15) is 5.82 Å². The molecule has 0 bridgehead atoms. The molecular formula is C24H20BrClN8O. The minimum Gasteiger partial charge on any atom is -0.368 e. The highest BCUT2D eigenvalue weighted by molar-refractivity contribution is 9.10. The van der Waals surface area contributed by atoms with Crippen LogP contribution in [0.25, 0.3) is 22.6 Å². The summed E-state index contributed by atoms with van der Waals surface area (Å²) < 4.78 is 2.46. The lowest BCUT2D eigenvalue weighted by Gasteiger charge is -2.12. The molecule has 176 valence electrons. The maximum Gasteiger partial charge on any atom is 0.273 e. The lowest BCUT2D eigenvalue weighted by Crippen LogP contribution is -2.30. The second kappa shape index (κ2) is 9.85. The van der Waals surface area contributed by atoms with Gasteiger partial charge in [-0.25, -0.2) is 4.98 Å². The summed E-state index contributed by atoms with van der Waals surface area (Å²) in [6.07, 6.45) is 1.69. The standard InChI is InChI=1S/C24H20BrClN8O/c1-15-22(32-34(31-15)16-7-3-2-4-8-16)24(35)28-12-11-27-21-13-20(17-9-5-6-10-19(17)26)30-23-18(25)14-29-33(21)23/h2-10,13-14,27H,11-12H2,1H3,(H,28,35). The summed E-state index contributed by atoms with van der Waals surface area (Å²) in [5, 5.41) is 19.9. The molecule has 3 aromatic heterocycles. The van der Waals surface area contributed by atoms with Crippen LogP contribution in [0.5, 0.6) is 0 Å². The van der Waals surface area contributed by atoms with Crippen LogP contribution in [0.2, 0.25) is 5.02 Å². The van der Waals surface area contributed by atoms with E-state index in [1.54, 1.807) is 17.6 Å². The number of halogens is 2. The molecule has 0 saturated carbocycles. The SMILES string of the molecule is Cc1nn(-c2ccccc2)nc1C(=O)NCCNc1cc(-c2ccccc2Cl)nc2c(Br)cnn12. The average Bonchev–Trinajstić information content (AvgIpc) is 3.45. The third-order valence-corrected chi connectivity index (χ3v) is 6.17. The molecule has 0 saturated heterocycles. The summed E-state index contributed by atoms with van der Waals surface area (Å²) in [4.78, 5) is 18.9. The first kappa shape index (κ1) is 23.0. The van der Waals surface area contributed by atoms with E-state index in [9.17, 15) is 4.79 Å². The predicted molar refractivity (Wildman–Crippen MR) is 138 cm³/mol. The van der Waals surface area contributed by atoms with Crippen LogP contribution in [0.15, 0.2) is 71.3 Å². The Bertz CT molecular complexity index is 1520. The summed E-state index contributed by atoms with van der Waals surface area (Å²) >= 11 is 9.89. The van der Waals surface area contributed by atoms with Crippen LogP contribution in [0.4, 0.5) is 5.82 Å². The zero-order chi connectivity index (χ0) is 24.4. The molecule has 0 atom stereocenters. The highest BCUT2D eigenvalue weighted by Gasteiger charge is 2.16. The van der Waals surface area contributed by atoms with Gasteiger partial charge in [-0.1, -0.05) is 48.0 Å². The molecule has 9 nitrogen and oxygen atoms in total. The second-order valence-electron chi connectivity index (χ2n) is 7.68. The predicted octanol–water partition coefficient (Wildman–Crippen LogP) is 4.54. The summed E-state index contributed by atoms with van der Waals surface area (Å²) in [6, 6.07) is 18.9. The van der Waals surface area contributed by atoms with E-state index in [0.717, 1.165) is 21.5 Å². The van der Waals surface area contributed by atoms with Gasteiger partial charge < -0.3 is 10.6 Å². The summed E-state index contributed by atoms with van der Waals surface area (Å²) in [5.74, 6) is 0.431. The lowest BCUT2D eigenvalue weighted by molar-refractivity contribution is 0.0949. The highest BCUT2D eigenvalue weighted by atomic mass is 79.9. The van der Waals surface area contributed by atoms with Gasteiger partial charge in [0.2, 0.25) is 0 Å². The smallest absolute Gasteiger partial charge is 0.273 e. The molecule has 2 aromatic carbocycles. The minimum atomic E-state index is -0.287. The zero-order valence-electron chi connectivity index (χ0n) is 18.6. The van der Waals surface area contributed by atoms with Crippen LogP contribution in [0, 0.1) is 6.92 Å². The number of nitrogens with zero attached hydrogens (tertiary/aromatic N) is 6. The van der Waals surface area contributed by atoms with E-state index in [1.165, 1.54) is 4.80 Å². The van der Waals surface area contributed by atoms with Gasteiger partial charge >= 0.3 is 0 Å². The van der Waals surface area contributed by atoms with E-state index in [-0.39, 0.29) is 11.6 Å². The molecule has 0 aliphatic carbocycles. The van der Waals surface area contributed by atoms with Crippen molar-refractivity contribution in [2.75, 3.05) is 18.4 Å². The van der Waals surface area contributed by atoms with E-state index in [0.29, 0.717) is 35.1 Å². The number of rotatable bonds is 7. The van der Waals surface area contributed by atoms with E-state index in [4.69, 9.17) is 16.6 Å². The molecule has 0 unspecified atom stereocenters. The average molecular weight is 552 g/mol. The van der Waals surface area contributed by atoms with Crippen molar-refractivity contribution in [2.45, 2.75) is 6.92 Å². The van der Waals surface area contributed by atoms with E-state index >= 15 is 0 Å². The fraction of sp³-hybridized carbons (Fsp3) is 0.125. The molecule has 5 rings (SSSR count). The second-order valence-corrected chi connectivity index (χ2v) is 8.94. The molecule has 3 heterocycles. The lowest BCUT2D eigenvalue weighted by atomic mass is 10.1. The van der Waals surface area contributed by atoms with Gasteiger partial charge in [0.15, 0.2) is 11.3 Å². The van der Waals surface area contributed by atoms with Crippen molar-refractivity contribution in [3.8, 4) is 16.9 Å². The molecule has 0 aliphatic heterocycles. The number of hydrogen-bond donors (Lipinski definition) is 2. The third-order valence-electron chi connectivity index (χ3n) is 5.28. The third kappa shape index (κ3) is 4.75. The Labute approximate surface area is 214 Å². The Morgan fingerprint density at radius 2 is 1.83 bits per heavy atom. The molecule has 0 spiro atoms. The summed E-state index contributed by atoms with van der Waals surface area (Å²) in [6.45, 7) is 2.58. The van der Waals surface area contributed by atoms with Gasteiger partial charge in [0.25, 0.3) is 5.91 Å². The molecule has 5 aromatic rings. The van der Waals surface area contributed by atoms with Crippen LogP contribution in [-0.4, -0.2) is 48.6 Å². The summed E-state index contributed by atoms with van der Waals surface area (Å²) in [7, 11) is 0. The number of nitrogens with one attached hydrogen (secondary N) is 2. The van der Waals surface area contributed by atoms with Crippen molar-refractivity contribution in [3.63, 3.8) is 0 Å². The van der Waals surface area contributed by atoms with Gasteiger partial charge in [0.05, 0.1) is 27.7 Å². The number of carbonyl (C=O) groups excluding carboxylic acids is 1. The molecule has 0 radical (unpaired) electrons. The van der Waals surface area contributed by atoms with Crippen molar-refractivity contribution >= 4 is 44.9 Å². The van der Waals surface area contributed by atoms with Crippen molar-refractivity contribution in [2.24, 2.45) is 0 Å². The van der Waals surface area contributed by atoms with Gasteiger partial charge in [-0.2, -0.15) is 19.5 Å².